The Balaban J connectivity index is 1.54. The van der Waals surface area contributed by atoms with Gasteiger partial charge in [0.15, 0.2) is 5.70 Å². The van der Waals surface area contributed by atoms with Crippen molar-refractivity contribution in [1.29, 1.82) is 0 Å². The summed E-state index contributed by atoms with van der Waals surface area (Å²) in [6.07, 6.45) is 1.59. The van der Waals surface area contributed by atoms with Gasteiger partial charge < -0.3 is 9.47 Å². The summed E-state index contributed by atoms with van der Waals surface area (Å²) in [6, 6.07) is 19.9. The minimum Gasteiger partial charge on any atom is -0.489 e. The van der Waals surface area contributed by atoms with Crippen LogP contribution in [0.2, 0.25) is 0 Å². The lowest BCUT2D eigenvalue weighted by Crippen LogP contribution is -2.06. The molecule has 8 heteroatoms. The monoisotopic (exact) mass is 540 g/mol. The molecule has 0 saturated heterocycles. The number of ether oxygens (including phenoxy) is 2. The number of rotatable bonds is 6. The van der Waals surface area contributed by atoms with Gasteiger partial charge in [-0.2, -0.15) is 0 Å². The third-order valence-electron chi connectivity index (χ3n) is 4.73. The molecule has 7 nitrogen and oxygen atoms in total. The van der Waals surface area contributed by atoms with Crippen LogP contribution in [0.5, 0.6) is 5.75 Å². The first-order valence-corrected chi connectivity index (χ1v) is 10.7. The Bertz CT molecular complexity index is 1280. The minimum atomic E-state index is -0.617. The highest BCUT2D eigenvalue weighted by Crippen LogP contribution is 2.25. The van der Waals surface area contributed by atoms with Crippen LogP contribution in [0.1, 0.15) is 22.3 Å². The van der Waals surface area contributed by atoms with E-state index in [1.54, 1.807) is 31.2 Å². The lowest BCUT2D eigenvalue weighted by molar-refractivity contribution is -0.385. The number of carbonyl (C=O) groups is 1. The predicted octanol–water partition coefficient (Wildman–Crippen LogP) is 5.43. The zero-order valence-electron chi connectivity index (χ0n) is 16.9. The van der Waals surface area contributed by atoms with Gasteiger partial charge in [-0.1, -0.05) is 30.3 Å². The first kappa shape index (κ1) is 21.7. The molecule has 160 valence electrons. The molecule has 3 aromatic rings. The highest BCUT2D eigenvalue weighted by molar-refractivity contribution is 14.1. The molecule has 0 amide bonds. The van der Waals surface area contributed by atoms with E-state index in [-0.39, 0.29) is 17.3 Å². The molecule has 3 aromatic carbocycles. The van der Waals surface area contributed by atoms with Crippen LogP contribution in [0.3, 0.4) is 0 Å². The van der Waals surface area contributed by atoms with Gasteiger partial charge in [0.05, 0.1) is 4.92 Å². The first-order chi connectivity index (χ1) is 15.4. The molecule has 1 aliphatic heterocycles. The summed E-state index contributed by atoms with van der Waals surface area (Å²) in [5.74, 6) is 0.0757. The maximum absolute atomic E-state index is 12.3. The van der Waals surface area contributed by atoms with Crippen LogP contribution in [0.25, 0.3) is 6.08 Å². The fourth-order valence-electron chi connectivity index (χ4n) is 3.12. The second-order valence-corrected chi connectivity index (χ2v) is 8.33. The van der Waals surface area contributed by atoms with Crippen molar-refractivity contribution in [2.75, 3.05) is 0 Å². The van der Waals surface area contributed by atoms with Gasteiger partial charge in [0.2, 0.25) is 5.90 Å². The van der Waals surface area contributed by atoms with E-state index >= 15 is 0 Å². The number of halogens is 1. The summed E-state index contributed by atoms with van der Waals surface area (Å²) in [6.45, 7) is 2.07. The Kier molecular flexibility index (Phi) is 6.31. The molecular weight excluding hydrogens is 523 g/mol. The van der Waals surface area contributed by atoms with Crippen molar-refractivity contribution in [3.8, 4) is 5.75 Å². The van der Waals surface area contributed by atoms with Gasteiger partial charge in [0.25, 0.3) is 5.69 Å². The molecule has 0 aromatic heterocycles. The minimum absolute atomic E-state index is 0.0374. The maximum Gasteiger partial charge on any atom is 0.363 e. The van der Waals surface area contributed by atoms with Crippen molar-refractivity contribution in [3.05, 3.63) is 108 Å². The number of hydrogen-bond donors (Lipinski definition) is 0. The molecule has 0 unspecified atom stereocenters. The fourth-order valence-corrected chi connectivity index (χ4v) is 3.72. The lowest BCUT2D eigenvalue weighted by atomic mass is 10.1. The van der Waals surface area contributed by atoms with Crippen molar-refractivity contribution < 1.29 is 19.2 Å². The molecule has 0 saturated carbocycles. The van der Waals surface area contributed by atoms with Crippen LogP contribution in [0, 0.1) is 20.6 Å². The SMILES string of the molecule is Cc1ccc(C2=N/C(=C\c3cccc(OCc4cccc(I)c4)c3)C(=O)O2)cc1[N+](=O)[O-]. The molecule has 4 rings (SSSR count). The number of aryl methyl sites for hydroxylation is 1. The molecule has 1 aliphatic rings. The van der Waals surface area contributed by atoms with Crippen LogP contribution in [-0.2, 0) is 16.1 Å². The van der Waals surface area contributed by atoms with Crippen LogP contribution >= 0.6 is 22.6 Å². The van der Waals surface area contributed by atoms with Gasteiger partial charge in [-0.15, -0.1) is 0 Å². The van der Waals surface area contributed by atoms with Crippen LogP contribution in [0.4, 0.5) is 5.69 Å². The van der Waals surface area contributed by atoms with E-state index in [4.69, 9.17) is 9.47 Å². The fraction of sp³-hybridized carbons (Fsp3) is 0.0833. The normalized spacial score (nSPS) is 14.2. The first-order valence-electron chi connectivity index (χ1n) is 9.64. The molecule has 0 radical (unpaired) electrons. The van der Waals surface area contributed by atoms with Crippen molar-refractivity contribution in [3.63, 3.8) is 0 Å². The average molecular weight is 540 g/mol. The number of esters is 1. The van der Waals surface area contributed by atoms with Gasteiger partial charge in [-0.3, -0.25) is 10.1 Å². The van der Waals surface area contributed by atoms with Crippen LogP contribution < -0.4 is 4.74 Å². The summed E-state index contributed by atoms with van der Waals surface area (Å²) in [7, 11) is 0. The van der Waals surface area contributed by atoms with Gasteiger partial charge in [0.1, 0.15) is 12.4 Å². The van der Waals surface area contributed by atoms with E-state index in [2.05, 4.69) is 27.6 Å². The van der Waals surface area contributed by atoms with E-state index in [0.717, 1.165) is 14.7 Å². The highest BCUT2D eigenvalue weighted by atomic mass is 127. The molecule has 32 heavy (non-hydrogen) atoms. The number of nitrogens with zero attached hydrogens (tertiary/aromatic N) is 2. The molecular formula is C24H17IN2O5. The zero-order chi connectivity index (χ0) is 22.7. The Morgan fingerprint density at radius 3 is 2.72 bits per heavy atom. The summed E-state index contributed by atoms with van der Waals surface area (Å²) in [5.41, 5.74) is 2.71. The average Bonchev–Trinajstić information content (AvgIpc) is 3.13. The van der Waals surface area contributed by atoms with Crippen molar-refractivity contribution >= 4 is 46.2 Å². The Hall–Kier alpha value is -3.53. The van der Waals surface area contributed by atoms with Gasteiger partial charge >= 0.3 is 5.97 Å². The van der Waals surface area contributed by atoms with Crippen molar-refractivity contribution in [2.24, 2.45) is 4.99 Å². The number of nitro groups is 1. The summed E-state index contributed by atoms with van der Waals surface area (Å²) >= 11 is 2.25. The van der Waals surface area contributed by atoms with E-state index in [0.29, 0.717) is 23.5 Å². The van der Waals surface area contributed by atoms with Gasteiger partial charge in [-0.05, 0) is 77.0 Å². The van der Waals surface area contributed by atoms with E-state index in [1.165, 1.54) is 6.07 Å². The van der Waals surface area contributed by atoms with Crippen molar-refractivity contribution in [1.82, 2.24) is 0 Å². The number of carbonyl (C=O) groups excluding carboxylic acids is 1. The molecule has 0 spiro atoms. The Morgan fingerprint density at radius 2 is 1.94 bits per heavy atom. The highest BCUT2D eigenvalue weighted by Gasteiger charge is 2.25. The van der Waals surface area contributed by atoms with E-state index in [9.17, 15) is 14.9 Å². The quantitative estimate of drug-likeness (QED) is 0.137. The second kappa shape index (κ2) is 9.31. The number of hydrogen-bond acceptors (Lipinski definition) is 6. The predicted molar refractivity (Wildman–Crippen MR) is 128 cm³/mol. The largest absolute Gasteiger partial charge is 0.489 e. The third-order valence-corrected chi connectivity index (χ3v) is 5.40. The molecule has 1 heterocycles. The number of nitro benzene ring substituents is 1. The van der Waals surface area contributed by atoms with Crippen LogP contribution in [-0.4, -0.2) is 16.8 Å². The van der Waals surface area contributed by atoms with Gasteiger partial charge in [-0.25, -0.2) is 9.79 Å². The second-order valence-electron chi connectivity index (χ2n) is 7.09. The van der Waals surface area contributed by atoms with Gasteiger partial charge in [0, 0.05) is 20.8 Å². The molecule has 0 bridgehead atoms. The maximum atomic E-state index is 12.3. The standard InChI is InChI=1S/C24H17IN2O5/c1-15-8-9-18(13-22(15)27(29)30)23-26-21(24(28)32-23)12-16-4-3-7-20(11-16)31-14-17-5-2-6-19(25)10-17/h2-13H,14H2,1H3/b21-12-. The number of benzene rings is 3. The Labute approximate surface area is 197 Å². The van der Waals surface area contributed by atoms with E-state index < -0.39 is 10.9 Å². The third kappa shape index (κ3) is 5.02. The molecule has 0 N–H and O–H groups in total. The summed E-state index contributed by atoms with van der Waals surface area (Å²) in [5, 5.41) is 11.2. The summed E-state index contributed by atoms with van der Waals surface area (Å²) < 4.78 is 12.2. The zero-order valence-corrected chi connectivity index (χ0v) is 19.1. The summed E-state index contributed by atoms with van der Waals surface area (Å²) in [4.78, 5) is 27.3. The van der Waals surface area contributed by atoms with Crippen LogP contribution in [0.15, 0.2) is 77.4 Å². The lowest BCUT2D eigenvalue weighted by Gasteiger charge is -2.07. The smallest absolute Gasteiger partial charge is 0.363 e. The van der Waals surface area contributed by atoms with E-state index in [1.807, 2.05) is 42.5 Å². The molecule has 0 atom stereocenters. The Morgan fingerprint density at radius 1 is 1.12 bits per heavy atom. The number of cyclic esters (lactones) is 1. The molecule has 0 fully saturated rings. The molecule has 0 aliphatic carbocycles. The van der Waals surface area contributed by atoms with Crippen molar-refractivity contribution in [2.45, 2.75) is 13.5 Å². The topological polar surface area (TPSA) is 91.0 Å². The number of aliphatic imine (C=N–C) groups is 1.